The van der Waals surface area contributed by atoms with Crippen molar-refractivity contribution >= 4 is 5.91 Å². The van der Waals surface area contributed by atoms with E-state index >= 15 is 0 Å². The fourth-order valence-corrected chi connectivity index (χ4v) is 1.50. The quantitative estimate of drug-likeness (QED) is 0.658. The summed E-state index contributed by atoms with van der Waals surface area (Å²) in [4.78, 5) is 11.6. The first-order chi connectivity index (χ1) is 6.61. The molecular weight excluding hydrogens is 178 g/mol. The third kappa shape index (κ3) is 5.97. The molecule has 84 valence electrons. The van der Waals surface area contributed by atoms with Gasteiger partial charge >= 0.3 is 0 Å². The van der Waals surface area contributed by atoms with Gasteiger partial charge in [-0.05, 0) is 19.8 Å². The lowest BCUT2D eigenvalue weighted by atomic mass is 9.97. The Kier molecular flexibility index (Phi) is 7.48. The van der Waals surface area contributed by atoms with Crippen molar-refractivity contribution in [2.24, 2.45) is 5.92 Å². The van der Waals surface area contributed by atoms with E-state index in [0.29, 0.717) is 6.54 Å². The molecule has 1 atom stereocenters. The lowest BCUT2D eigenvalue weighted by Gasteiger charge is -2.15. The van der Waals surface area contributed by atoms with Crippen LogP contribution in [0.5, 0.6) is 0 Å². The van der Waals surface area contributed by atoms with Gasteiger partial charge in [-0.2, -0.15) is 0 Å². The van der Waals surface area contributed by atoms with Crippen LogP contribution in [0.25, 0.3) is 0 Å². The van der Waals surface area contributed by atoms with Gasteiger partial charge in [-0.25, -0.2) is 0 Å². The number of rotatable bonds is 7. The monoisotopic (exact) mass is 201 g/mol. The highest BCUT2D eigenvalue weighted by molar-refractivity contribution is 5.78. The van der Waals surface area contributed by atoms with Crippen molar-refractivity contribution in [1.29, 1.82) is 0 Å². The maximum absolute atomic E-state index is 11.6. The van der Waals surface area contributed by atoms with Crippen LogP contribution in [0.15, 0.2) is 0 Å². The number of hydrogen-bond donors (Lipinski definition) is 2. The Morgan fingerprint density at radius 3 is 2.14 bits per heavy atom. The van der Waals surface area contributed by atoms with E-state index < -0.39 is 6.10 Å². The number of amides is 1. The predicted molar refractivity (Wildman–Crippen MR) is 58.0 cm³/mol. The minimum Gasteiger partial charge on any atom is -0.392 e. The van der Waals surface area contributed by atoms with Crippen molar-refractivity contribution in [2.75, 3.05) is 6.54 Å². The van der Waals surface area contributed by atoms with Gasteiger partial charge in [-0.1, -0.05) is 26.7 Å². The summed E-state index contributed by atoms with van der Waals surface area (Å²) < 4.78 is 0. The third-order valence-corrected chi connectivity index (χ3v) is 2.22. The fourth-order valence-electron chi connectivity index (χ4n) is 1.50. The maximum atomic E-state index is 11.6. The van der Waals surface area contributed by atoms with Crippen LogP contribution in [0.3, 0.4) is 0 Å². The van der Waals surface area contributed by atoms with Gasteiger partial charge in [0, 0.05) is 12.5 Å². The average Bonchev–Trinajstić information content (AvgIpc) is 2.14. The molecule has 0 aliphatic heterocycles. The van der Waals surface area contributed by atoms with E-state index in [1.54, 1.807) is 6.92 Å². The molecule has 14 heavy (non-hydrogen) atoms. The molecule has 0 spiro atoms. The van der Waals surface area contributed by atoms with Gasteiger partial charge in [0.15, 0.2) is 0 Å². The highest BCUT2D eigenvalue weighted by atomic mass is 16.3. The first kappa shape index (κ1) is 13.4. The standard InChI is InChI=1S/C11H23NO2/c1-4-6-10(7-5-2)11(14)12-8-9(3)13/h9-10,13H,4-8H2,1-3H3,(H,12,14)/t9-/m1/s1. The zero-order chi connectivity index (χ0) is 11.0. The van der Waals surface area contributed by atoms with E-state index in [1.807, 2.05) is 0 Å². The zero-order valence-electron chi connectivity index (χ0n) is 9.55. The van der Waals surface area contributed by atoms with Crippen molar-refractivity contribution in [3.05, 3.63) is 0 Å². The van der Waals surface area contributed by atoms with Gasteiger partial charge in [-0.3, -0.25) is 4.79 Å². The fraction of sp³-hybridized carbons (Fsp3) is 0.909. The Morgan fingerprint density at radius 1 is 1.29 bits per heavy atom. The molecule has 0 radical (unpaired) electrons. The van der Waals surface area contributed by atoms with Gasteiger partial charge in [0.05, 0.1) is 6.10 Å². The number of hydrogen-bond acceptors (Lipinski definition) is 2. The molecule has 0 rings (SSSR count). The lowest BCUT2D eigenvalue weighted by Crippen LogP contribution is -2.35. The molecule has 1 amide bonds. The number of carbonyl (C=O) groups is 1. The second kappa shape index (κ2) is 7.80. The van der Waals surface area contributed by atoms with Crippen LogP contribution in [0.1, 0.15) is 46.5 Å². The largest absolute Gasteiger partial charge is 0.392 e. The number of aliphatic hydroxyl groups is 1. The summed E-state index contributed by atoms with van der Waals surface area (Å²) in [5, 5.41) is 11.8. The summed E-state index contributed by atoms with van der Waals surface area (Å²) in [6.45, 7) is 6.22. The molecule has 2 N–H and O–H groups in total. The molecule has 0 saturated carbocycles. The van der Waals surface area contributed by atoms with Crippen LogP contribution >= 0.6 is 0 Å². The van der Waals surface area contributed by atoms with E-state index in [4.69, 9.17) is 5.11 Å². The van der Waals surface area contributed by atoms with Crippen molar-refractivity contribution < 1.29 is 9.90 Å². The maximum Gasteiger partial charge on any atom is 0.223 e. The summed E-state index contributed by atoms with van der Waals surface area (Å²) in [5.41, 5.74) is 0. The van der Waals surface area contributed by atoms with Gasteiger partial charge in [0.1, 0.15) is 0 Å². The lowest BCUT2D eigenvalue weighted by molar-refractivity contribution is -0.125. The molecule has 0 bridgehead atoms. The average molecular weight is 201 g/mol. The van der Waals surface area contributed by atoms with Crippen LogP contribution in [0.4, 0.5) is 0 Å². The molecular formula is C11H23NO2. The highest BCUT2D eigenvalue weighted by Gasteiger charge is 2.16. The van der Waals surface area contributed by atoms with Crippen molar-refractivity contribution in [3.63, 3.8) is 0 Å². The van der Waals surface area contributed by atoms with Crippen LogP contribution in [0.2, 0.25) is 0 Å². The Balaban J connectivity index is 3.88. The molecule has 0 heterocycles. The highest BCUT2D eigenvalue weighted by Crippen LogP contribution is 2.13. The first-order valence-electron chi connectivity index (χ1n) is 5.57. The van der Waals surface area contributed by atoms with E-state index in [2.05, 4.69) is 19.2 Å². The minimum atomic E-state index is -0.456. The Morgan fingerprint density at radius 2 is 1.79 bits per heavy atom. The van der Waals surface area contributed by atoms with Crippen LogP contribution < -0.4 is 5.32 Å². The van der Waals surface area contributed by atoms with Gasteiger partial charge in [0.25, 0.3) is 0 Å². The molecule has 3 nitrogen and oxygen atoms in total. The molecule has 0 aromatic rings. The zero-order valence-corrected chi connectivity index (χ0v) is 9.55. The molecule has 0 unspecified atom stereocenters. The van der Waals surface area contributed by atoms with Crippen molar-refractivity contribution in [3.8, 4) is 0 Å². The summed E-state index contributed by atoms with van der Waals surface area (Å²) in [6, 6.07) is 0. The van der Waals surface area contributed by atoms with Gasteiger partial charge < -0.3 is 10.4 Å². The van der Waals surface area contributed by atoms with E-state index in [1.165, 1.54) is 0 Å². The number of carbonyl (C=O) groups excluding carboxylic acids is 1. The van der Waals surface area contributed by atoms with Gasteiger partial charge in [0.2, 0.25) is 5.91 Å². The topological polar surface area (TPSA) is 49.3 Å². The van der Waals surface area contributed by atoms with E-state index in [0.717, 1.165) is 25.7 Å². The van der Waals surface area contributed by atoms with E-state index in [-0.39, 0.29) is 11.8 Å². The SMILES string of the molecule is CCCC(CCC)C(=O)NC[C@@H](C)O. The molecule has 0 aromatic carbocycles. The first-order valence-corrected chi connectivity index (χ1v) is 5.57. The number of nitrogens with one attached hydrogen (secondary N) is 1. The van der Waals surface area contributed by atoms with Crippen LogP contribution in [-0.4, -0.2) is 23.7 Å². The molecule has 0 aliphatic carbocycles. The third-order valence-electron chi connectivity index (χ3n) is 2.22. The molecule has 0 aromatic heterocycles. The summed E-state index contributed by atoms with van der Waals surface area (Å²) >= 11 is 0. The van der Waals surface area contributed by atoms with Crippen molar-refractivity contribution in [2.45, 2.75) is 52.6 Å². The van der Waals surface area contributed by atoms with Gasteiger partial charge in [-0.15, -0.1) is 0 Å². The van der Waals surface area contributed by atoms with E-state index in [9.17, 15) is 4.79 Å². The summed E-state index contributed by atoms with van der Waals surface area (Å²) in [6.07, 6.45) is 3.50. The second-order valence-electron chi connectivity index (χ2n) is 3.87. The minimum absolute atomic E-state index is 0.0922. The summed E-state index contributed by atoms with van der Waals surface area (Å²) in [5.74, 6) is 0.221. The Hall–Kier alpha value is -0.570. The van der Waals surface area contributed by atoms with Crippen LogP contribution in [0, 0.1) is 5.92 Å². The number of aliphatic hydroxyl groups excluding tert-OH is 1. The van der Waals surface area contributed by atoms with Crippen LogP contribution in [-0.2, 0) is 4.79 Å². The summed E-state index contributed by atoms with van der Waals surface area (Å²) in [7, 11) is 0. The Bertz CT molecular complexity index is 151. The second-order valence-corrected chi connectivity index (χ2v) is 3.87. The Labute approximate surface area is 86.9 Å². The molecule has 3 heteroatoms. The predicted octanol–water partition coefficient (Wildman–Crippen LogP) is 1.70. The molecule has 0 saturated heterocycles. The normalized spacial score (nSPS) is 12.9. The smallest absolute Gasteiger partial charge is 0.223 e. The molecule has 0 aliphatic rings. The molecule has 0 fully saturated rings. The van der Waals surface area contributed by atoms with Crippen molar-refractivity contribution in [1.82, 2.24) is 5.32 Å².